The predicted octanol–water partition coefficient (Wildman–Crippen LogP) is 21.4. The van der Waals surface area contributed by atoms with Gasteiger partial charge in [-0.2, -0.15) is 0 Å². The highest BCUT2D eigenvalue weighted by atomic mass is 16.7. The maximum atomic E-state index is 12.9. The Morgan fingerprint density at radius 3 is 1.00 bits per heavy atom. The Hall–Kier alpha value is -3.01. The van der Waals surface area contributed by atoms with Gasteiger partial charge >= 0.3 is 11.9 Å². The summed E-state index contributed by atoms with van der Waals surface area (Å²) in [5.74, 6) is -2.25. The zero-order valence-corrected chi connectivity index (χ0v) is 56.7. The highest BCUT2D eigenvalue weighted by Gasteiger charge is 2.22. The molecule has 0 N–H and O–H groups in total. The van der Waals surface area contributed by atoms with Crippen LogP contribution in [0, 0.1) is 0 Å². The number of hydrogen-bond donors (Lipinski definition) is 0. The van der Waals surface area contributed by atoms with Crippen LogP contribution >= 0.6 is 0 Å². The average Bonchev–Trinajstić information content (AvgIpc) is 3.48. The Kier molecular flexibility index (Phi) is 64.6. The summed E-state index contributed by atoms with van der Waals surface area (Å²) < 4.78 is 22.8. The van der Waals surface area contributed by atoms with Crippen LogP contribution in [-0.2, 0) is 33.3 Å². The van der Waals surface area contributed by atoms with Gasteiger partial charge in [-0.05, 0) is 57.8 Å². The summed E-state index contributed by atoms with van der Waals surface area (Å²) in [6.07, 6.45) is 84.6. The van der Waals surface area contributed by atoms with E-state index in [-0.39, 0.29) is 32.2 Å². The summed E-state index contributed by atoms with van der Waals surface area (Å²) in [6, 6.07) is 0. The van der Waals surface area contributed by atoms with E-state index in [1.54, 1.807) is 0 Å². The van der Waals surface area contributed by atoms with E-state index in [1.165, 1.54) is 250 Å². The van der Waals surface area contributed by atoms with Crippen LogP contribution in [0.3, 0.4) is 0 Å². The number of carboxylic acid groups (broad SMARTS) is 1. The number of nitrogens with zero attached hydrogens (tertiary/aromatic N) is 1. The Morgan fingerprint density at radius 1 is 0.365 bits per heavy atom. The van der Waals surface area contributed by atoms with E-state index in [0.717, 1.165) is 70.6 Å². The minimum absolute atomic E-state index is 0.150. The van der Waals surface area contributed by atoms with E-state index in [9.17, 15) is 19.5 Å². The van der Waals surface area contributed by atoms with Crippen LogP contribution < -0.4 is 5.11 Å². The molecule has 9 heteroatoms. The SMILES string of the molecule is CC/C=C\C/C=C\C/C=C\C/C=C\C/C=C\CCCCCCCCCCCCCCCCCCCCCCCC(=O)OC(COC(=O)CCCCCCCCCCCCCCCCCCCCCCCCC)COC(OCC[N+](C)(C)C)C(=O)[O-]. The third kappa shape index (κ3) is 68.3. The molecule has 85 heavy (non-hydrogen) atoms. The number of quaternary nitrogens is 1. The van der Waals surface area contributed by atoms with Gasteiger partial charge in [0.2, 0.25) is 0 Å². The minimum Gasteiger partial charge on any atom is -0.545 e. The highest BCUT2D eigenvalue weighted by molar-refractivity contribution is 5.70. The number of carbonyl (C=O) groups is 3. The first-order chi connectivity index (χ1) is 41.6. The molecule has 0 amide bonds. The van der Waals surface area contributed by atoms with Crippen LogP contribution in [0.4, 0.5) is 0 Å². The topological polar surface area (TPSA) is 111 Å². The van der Waals surface area contributed by atoms with Crippen molar-refractivity contribution < 1.29 is 42.9 Å². The van der Waals surface area contributed by atoms with Crippen LogP contribution in [0.2, 0.25) is 0 Å². The van der Waals surface area contributed by atoms with Crippen molar-refractivity contribution in [3.8, 4) is 0 Å². The molecule has 2 atom stereocenters. The second-order valence-corrected chi connectivity index (χ2v) is 25.9. The highest BCUT2D eigenvalue weighted by Crippen LogP contribution is 2.19. The summed E-state index contributed by atoms with van der Waals surface area (Å²) in [6.45, 7) is 4.70. The van der Waals surface area contributed by atoms with Crippen LogP contribution in [-0.4, -0.2) is 82.3 Å². The second kappa shape index (κ2) is 66.9. The molecular weight excluding hydrogens is 1050 g/mol. The molecule has 496 valence electrons. The number of hydrogen-bond acceptors (Lipinski definition) is 8. The molecule has 0 aromatic carbocycles. The number of ether oxygens (including phenoxy) is 4. The Balaban J connectivity index is 4.01. The molecule has 0 heterocycles. The smallest absolute Gasteiger partial charge is 0.306 e. The predicted molar refractivity (Wildman–Crippen MR) is 362 cm³/mol. The Bertz CT molecular complexity index is 1580. The summed E-state index contributed by atoms with van der Waals surface area (Å²) in [5.41, 5.74) is 0. The summed E-state index contributed by atoms with van der Waals surface area (Å²) in [7, 11) is 5.94. The summed E-state index contributed by atoms with van der Waals surface area (Å²) in [4.78, 5) is 37.5. The van der Waals surface area contributed by atoms with Crippen molar-refractivity contribution in [2.45, 2.75) is 360 Å². The van der Waals surface area contributed by atoms with Crippen molar-refractivity contribution in [1.82, 2.24) is 0 Å². The lowest BCUT2D eigenvalue weighted by atomic mass is 10.0. The lowest BCUT2D eigenvalue weighted by Crippen LogP contribution is -2.44. The molecule has 0 bridgehead atoms. The largest absolute Gasteiger partial charge is 0.545 e. The number of aliphatic carboxylic acids is 1. The van der Waals surface area contributed by atoms with E-state index in [2.05, 4.69) is 74.6 Å². The standard InChI is InChI=1S/C76H139NO8/c1-6-8-10-12-14-16-18-20-22-24-26-28-30-31-32-33-34-35-36-37-38-39-40-41-42-43-45-47-49-51-53-55-57-59-61-63-65-67-74(79)85-72(71-84-76(75(80)81)82-69-68-77(3,4)5)70-83-73(78)66-64-62-60-58-56-54-52-50-48-46-44-29-27-25-23-21-19-17-15-13-11-9-7-2/h8,10,14,16,20,22,26,28,31-32,72,76H,6-7,9,11-13,15,17-19,21,23-25,27,29-30,33-71H2,1-5H3/b10-8-,16-14-,22-20-,28-26-,32-31-. The van der Waals surface area contributed by atoms with Crippen LogP contribution in [0.1, 0.15) is 348 Å². The number of unbranched alkanes of at least 4 members (excludes halogenated alkanes) is 43. The third-order valence-electron chi connectivity index (χ3n) is 16.3. The number of likely N-dealkylation sites (N-methyl/N-ethyl adjacent to an activating group) is 1. The molecule has 0 aromatic rings. The molecule has 2 unspecified atom stereocenters. The molecule has 0 fully saturated rings. The first kappa shape index (κ1) is 82.0. The molecule has 0 aliphatic heterocycles. The van der Waals surface area contributed by atoms with Crippen molar-refractivity contribution in [3.63, 3.8) is 0 Å². The van der Waals surface area contributed by atoms with Gasteiger partial charge in [0, 0.05) is 12.8 Å². The van der Waals surface area contributed by atoms with Gasteiger partial charge in [-0.25, -0.2) is 0 Å². The molecule has 9 nitrogen and oxygen atoms in total. The van der Waals surface area contributed by atoms with Gasteiger partial charge in [-0.3, -0.25) is 9.59 Å². The zero-order valence-electron chi connectivity index (χ0n) is 56.7. The lowest BCUT2D eigenvalue weighted by Gasteiger charge is -2.26. The number of allylic oxidation sites excluding steroid dienone is 10. The molecular formula is C76H139NO8. The van der Waals surface area contributed by atoms with Crippen molar-refractivity contribution in [3.05, 3.63) is 60.8 Å². The fraction of sp³-hybridized carbons (Fsp3) is 0.829. The fourth-order valence-electron chi connectivity index (χ4n) is 10.7. The third-order valence-corrected chi connectivity index (χ3v) is 16.3. The van der Waals surface area contributed by atoms with Gasteiger partial charge in [0.1, 0.15) is 13.2 Å². The molecule has 0 radical (unpaired) electrons. The van der Waals surface area contributed by atoms with Crippen molar-refractivity contribution in [2.24, 2.45) is 0 Å². The second-order valence-electron chi connectivity index (χ2n) is 25.9. The quantitative estimate of drug-likeness (QED) is 0.0195. The van der Waals surface area contributed by atoms with E-state index in [1.807, 2.05) is 21.1 Å². The maximum absolute atomic E-state index is 12.9. The molecule has 0 aromatic heterocycles. The van der Waals surface area contributed by atoms with Crippen molar-refractivity contribution in [2.75, 3.05) is 47.5 Å². The number of rotatable bonds is 68. The van der Waals surface area contributed by atoms with Crippen LogP contribution in [0.15, 0.2) is 60.8 Å². The normalized spacial score (nSPS) is 13.0. The van der Waals surface area contributed by atoms with Crippen LogP contribution in [0.25, 0.3) is 0 Å². The van der Waals surface area contributed by atoms with E-state index >= 15 is 0 Å². The molecule has 0 rings (SSSR count). The van der Waals surface area contributed by atoms with Gasteiger partial charge in [-0.15, -0.1) is 0 Å². The van der Waals surface area contributed by atoms with Gasteiger partial charge < -0.3 is 33.3 Å². The number of carbonyl (C=O) groups excluding carboxylic acids is 3. The molecule has 0 saturated heterocycles. The van der Waals surface area contributed by atoms with Gasteiger partial charge in [0.05, 0.1) is 40.3 Å². The van der Waals surface area contributed by atoms with Crippen molar-refractivity contribution >= 4 is 17.9 Å². The summed E-state index contributed by atoms with van der Waals surface area (Å²) in [5, 5.41) is 11.8. The molecule has 0 saturated carbocycles. The molecule has 0 aliphatic carbocycles. The van der Waals surface area contributed by atoms with Crippen molar-refractivity contribution in [1.29, 1.82) is 0 Å². The Morgan fingerprint density at radius 2 is 0.671 bits per heavy atom. The lowest BCUT2D eigenvalue weighted by molar-refractivity contribution is -0.870. The van der Waals surface area contributed by atoms with Crippen LogP contribution in [0.5, 0.6) is 0 Å². The fourth-order valence-corrected chi connectivity index (χ4v) is 10.7. The number of carboxylic acids is 1. The average molecular weight is 1190 g/mol. The van der Waals surface area contributed by atoms with Gasteiger partial charge in [-0.1, -0.05) is 338 Å². The minimum atomic E-state index is -1.62. The number of esters is 2. The monoisotopic (exact) mass is 1190 g/mol. The first-order valence-corrected chi connectivity index (χ1v) is 36.4. The zero-order chi connectivity index (χ0) is 61.9. The maximum Gasteiger partial charge on any atom is 0.306 e. The van der Waals surface area contributed by atoms with Gasteiger partial charge in [0.15, 0.2) is 12.4 Å². The molecule has 0 aliphatic rings. The van der Waals surface area contributed by atoms with Gasteiger partial charge in [0.25, 0.3) is 0 Å². The van der Waals surface area contributed by atoms with E-state index in [4.69, 9.17) is 18.9 Å². The Labute approximate surface area is 526 Å². The first-order valence-electron chi connectivity index (χ1n) is 36.4. The summed E-state index contributed by atoms with van der Waals surface area (Å²) >= 11 is 0. The van der Waals surface area contributed by atoms with E-state index in [0.29, 0.717) is 17.4 Å². The van der Waals surface area contributed by atoms with E-state index < -0.39 is 24.3 Å². The molecule has 0 spiro atoms.